The van der Waals surface area contributed by atoms with Crippen LogP contribution in [-0.4, -0.2) is 53.6 Å². The highest BCUT2D eigenvalue weighted by atomic mass is 35.5. The van der Waals surface area contributed by atoms with Gasteiger partial charge in [0.25, 0.3) is 5.56 Å². The number of hydrogen-bond donors (Lipinski definition) is 1. The fourth-order valence-corrected chi connectivity index (χ4v) is 3.68. The number of anilines is 1. The summed E-state index contributed by atoms with van der Waals surface area (Å²) in [5.74, 6) is 0.547. The van der Waals surface area contributed by atoms with Crippen molar-refractivity contribution in [2.75, 3.05) is 37.7 Å². The van der Waals surface area contributed by atoms with Crippen LogP contribution in [0.25, 0.3) is 0 Å². The summed E-state index contributed by atoms with van der Waals surface area (Å²) in [5.41, 5.74) is 2.05. The van der Waals surface area contributed by atoms with Crippen LogP contribution in [0, 0.1) is 0 Å². The van der Waals surface area contributed by atoms with Crippen LogP contribution in [0.4, 0.5) is 5.95 Å². The maximum atomic E-state index is 12.7. The summed E-state index contributed by atoms with van der Waals surface area (Å²) in [6.07, 6.45) is 0.754. The third kappa shape index (κ3) is 3.84. The van der Waals surface area contributed by atoms with Crippen LogP contribution in [0.2, 0.25) is 5.02 Å². The minimum Gasteiger partial charge on any atom is -0.378 e. The number of rotatable bonds is 3. The summed E-state index contributed by atoms with van der Waals surface area (Å²) in [6, 6.07) is 7.36. The van der Waals surface area contributed by atoms with E-state index in [0.717, 1.165) is 5.56 Å². The average Bonchev–Trinajstić information content (AvgIpc) is 2.70. The molecule has 142 valence electrons. The molecule has 27 heavy (non-hydrogen) atoms. The quantitative estimate of drug-likeness (QED) is 0.859. The molecule has 7 nitrogen and oxygen atoms in total. The second kappa shape index (κ2) is 7.70. The van der Waals surface area contributed by atoms with E-state index in [-0.39, 0.29) is 17.9 Å². The Kier molecular flexibility index (Phi) is 5.13. The molecule has 0 unspecified atom stereocenters. The first-order valence-corrected chi connectivity index (χ1v) is 9.45. The fraction of sp³-hybridized carbons (Fsp3) is 0.421. The molecule has 2 aliphatic heterocycles. The van der Waals surface area contributed by atoms with Crippen LogP contribution in [0.5, 0.6) is 0 Å². The van der Waals surface area contributed by atoms with E-state index in [1.165, 1.54) is 0 Å². The number of morpholine rings is 1. The highest BCUT2D eigenvalue weighted by molar-refractivity contribution is 6.31. The normalized spacial score (nSPS) is 16.9. The first kappa shape index (κ1) is 18.0. The van der Waals surface area contributed by atoms with Crippen LogP contribution in [0.15, 0.2) is 29.1 Å². The van der Waals surface area contributed by atoms with Crippen molar-refractivity contribution >= 4 is 23.5 Å². The molecule has 1 aromatic heterocycles. The zero-order chi connectivity index (χ0) is 18.8. The summed E-state index contributed by atoms with van der Waals surface area (Å²) in [5, 5.41) is 0.590. The van der Waals surface area contributed by atoms with Crippen LogP contribution >= 0.6 is 11.6 Å². The molecule has 1 N–H and O–H groups in total. The molecule has 2 aromatic rings. The molecular weight excluding hydrogens is 368 g/mol. The van der Waals surface area contributed by atoms with Gasteiger partial charge in [0.1, 0.15) is 0 Å². The van der Waals surface area contributed by atoms with Gasteiger partial charge in [-0.3, -0.25) is 14.6 Å². The minimum absolute atomic E-state index is 0.0104. The molecule has 3 heterocycles. The van der Waals surface area contributed by atoms with Crippen LogP contribution < -0.4 is 10.5 Å². The number of amides is 1. The van der Waals surface area contributed by atoms with Gasteiger partial charge in [-0.05, 0) is 18.1 Å². The molecule has 0 spiro atoms. The van der Waals surface area contributed by atoms with Crippen molar-refractivity contribution < 1.29 is 9.53 Å². The molecule has 2 aliphatic rings. The Morgan fingerprint density at radius 1 is 1.22 bits per heavy atom. The molecule has 0 aliphatic carbocycles. The van der Waals surface area contributed by atoms with Crippen molar-refractivity contribution in [2.24, 2.45) is 0 Å². The molecule has 0 radical (unpaired) electrons. The van der Waals surface area contributed by atoms with Crippen molar-refractivity contribution in [2.45, 2.75) is 19.4 Å². The molecule has 0 saturated carbocycles. The summed E-state index contributed by atoms with van der Waals surface area (Å²) in [6.45, 7) is 3.47. The van der Waals surface area contributed by atoms with E-state index in [0.29, 0.717) is 68.0 Å². The predicted octanol–water partition coefficient (Wildman–Crippen LogP) is 1.39. The van der Waals surface area contributed by atoms with Gasteiger partial charge >= 0.3 is 0 Å². The molecule has 0 bridgehead atoms. The summed E-state index contributed by atoms with van der Waals surface area (Å²) in [7, 11) is 0. The highest BCUT2D eigenvalue weighted by Gasteiger charge is 2.26. The Hall–Kier alpha value is -2.38. The number of fused-ring (bicyclic) bond motifs is 1. The number of aromatic amines is 1. The average molecular weight is 389 g/mol. The van der Waals surface area contributed by atoms with Crippen molar-refractivity contribution in [1.29, 1.82) is 0 Å². The third-order valence-corrected chi connectivity index (χ3v) is 5.39. The van der Waals surface area contributed by atoms with Gasteiger partial charge in [0, 0.05) is 30.2 Å². The predicted molar refractivity (Wildman–Crippen MR) is 102 cm³/mol. The van der Waals surface area contributed by atoms with Gasteiger partial charge in [0.05, 0.1) is 31.9 Å². The van der Waals surface area contributed by atoms with E-state index < -0.39 is 0 Å². The van der Waals surface area contributed by atoms with E-state index in [1.54, 1.807) is 11.0 Å². The van der Waals surface area contributed by atoms with E-state index in [9.17, 15) is 9.59 Å². The summed E-state index contributed by atoms with van der Waals surface area (Å²) >= 11 is 6.17. The number of ether oxygens (including phenoxy) is 1. The van der Waals surface area contributed by atoms with E-state index in [1.807, 2.05) is 23.1 Å². The first-order chi connectivity index (χ1) is 13.1. The SMILES string of the molecule is O=C(Cc1ccccc1Cl)N1CCc2c(nc(N3CCOCC3)[nH]c2=O)C1. The van der Waals surface area contributed by atoms with Crippen molar-refractivity contribution in [3.63, 3.8) is 0 Å². The maximum absolute atomic E-state index is 12.7. The lowest BCUT2D eigenvalue weighted by atomic mass is 10.0. The number of carbonyl (C=O) groups excluding carboxylic acids is 1. The number of nitrogens with zero attached hydrogens (tertiary/aromatic N) is 3. The number of hydrogen-bond acceptors (Lipinski definition) is 5. The Balaban J connectivity index is 1.53. The standard InChI is InChI=1S/C19H21ClN4O3/c20-15-4-2-1-3-13(15)11-17(25)24-6-5-14-16(12-24)21-19(22-18(14)26)23-7-9-27-10-8-23/h1-4H,5-12H2,(H,21,22,26). The number of halogens is 1. The van der Waals surface area contributed by atoms with Crippen LogP contribution in [-0.2, 0) is 28.9 Å². The number of nitrogens with one attached hydrogen (secondary N) is 1. The van der Waals surface area contributed by atoms with E-state index in [4.69, 9.17) is 16.3 Å². The monoisotopic (exact) mass is 388 g/mol. The topological polar surface area (TPSA) is 78.5 Å². The van der Waals surface area contributed by atoms with Crippen molar-refractivity contribution in [3.8, 4) is 0 Å². The van der Waals surface area contributed by atoms with Gasteiger partial charge in [-0.25, -0.2) is 4.98 Å². The van der Waals surface area contributed by atoms with E-state index >= 15 is 0 Å². The molecule has 1 amide bonds. The Morgan fingerprint density at radius 3 is 2.78 bits per heavy atom. The van der Waals surface area contributed by atoms with Crippen molar-refractivity contribution in [1.82, 2.24) is 14.9 Å². The van der Waals surface area contributed by atoms with Gasteiger partial charge in [-0.15, -0.1) is 0 Å². The van der Waals surface area contributed by atoms with Crippen molar-refractivity contribution in [3.05, 3.63) is 56.5 Å². The summed E-state index contributed by atoms with van der Waals surface area (Å²) in [4.78, 5) is 36.5. The van der Waals surface area contributed by atoms with E-state index in [2.05, 4.69) is 9.97 Å². The van der Waals surface area contributed by atoms with Gasteiger partial charge in [0.2, 0.25) is 11.9 Å². The van der Waals surface area contributed by atoms with Gasteiger partial charge in [-0.1, -0.05) is 29.8 Å². The fourth-order valence-electron chi connectivity index (χ4n) is 3.48. The van der Waals surface area contributed by atoms with Gasteiger partial charge < -0.3 is 14.5 Å². The lowest BCUT2D eigenvalue weighted by Gasteiger charge is -2.31. The number of carbonyl (C=O) groups is 1. The highest BCUT2D eigenvalue weighted by Crippen LogP contribution is 2.20. The zero-order valence-corrected chi connectivity index (χ0v) is 15.7. The molecule has 1 saturated heterocycles. The number of aromatic nitrogens is 2. The zero-order valence-electron chi connectivity index (χ0n) is 14.9. The van der Waals surface area contributed by atoms with Crippen LogP contribution in [0.3, 0.4) is 0 Å². The molecule has 0 atom stereocenters. The van der Waals surface area contributed by atoms with Gasteiger partial charge in [0.15, 0.2) is 0 Å². The number of benzene rings is 1. The Labute approximate surface area is 161 Å². The second-order valence-electron chi connectivity index (χ2n) is 6.75. The minimum atomic E-state index is -0.111. The molecule has 4 rings (SSSR count). The largest absolute Gasteiger partial charge is 0.378 e. The smallest absolute Gasteiger partial charge is 0.255 e. The molecular formula is C19H21ClN4O3. The Morgan fingerprint density at radius 2 is 2.00 bits per heavy atom. The lowest BCUT2D eigenvalue weighted by molar-refractivity contribution is -0.131. The second-order valence-corrected chi connectivity index (χ2v) is 7.15. The first-order valence-electron chi connectivity index (χ1n) is 9.08. The third-order valence-electron chi connectivity index (χ3n) is 5.02. The molecule has 8 heteroatoms. The number of H-pyrrole nitrogens is 1. The lowest BCUT2D eigenvalue weighted by Crippen LogP contribution is -2.42. The van der Waals surface area contributed by atoms with Crippen LogP contribution in [0.1, 0.15) is 16.8 Å². The maximum Gasteiger partial charge on any atom is 0.255 e. The Bertz CT molecular complexity index is 908. The van der Waals surface area contributed by atoms with Gasteiger partial charge in [-0.2, -0.15) is 0 Å². The molecule has 1 aromatic carbocycles. The summed E-state index contributed by atoms with van der Waals surface area (Å²) < 4.78 is 5.35. The molecule has 1 fully saturated rings.